The lowest BCUT2D eigenvalue weighted by Gasteiger charge is -2.24. The number of pyridine rings is 1. The number of benzene rings is 1. The van der Waals surface area contributed by atoms with E-state index in [0.29, 0.717) is 5.69 Å². The number of aromatic nitrogens is 1. The Balaban J connectivity index is 2.49. The predicted molar refractivity (Wildman–Crippen MR) is 86.2 cm³/mol. The van der Waals surface area contributed by atoms with Crippen LogP contribution in [0.15, 0.2) is 30.5 Å². The Hall–Kier alpha value is -1.79. The van der Waals surface area contributed by atoms with E-state index < -0.39 is 5.97 Å². The molecular weight excluding hydrogens is 288 g/mol. The van der Waals surface area contributed by atoms with Crippen LogP contribution < -0.4 is 5.32 Å². The van der Waals surface area contributed by atoms with Crippen molar-refractivity contribution >= 4 is 34.3 Å². The lowest BCUT2D eigenvalue weighted by atomic mass is 10.1. The molecule has 0 amide bonds. The van der Waals surface area contributed by atoms with Crippen LogP contribution in [0.4, 0.5) is 5.69 Å². The molecule has 2 unspecified atom stereocenters. The minimum atomic E-state index is -1.02. The second-order valence-corrected chi connectivity index (χ2v) is 5.84. The molecule has 112 valence electrons. The van der Waals surface area contributed by atoms with Crippen LogP contribution in [0.5, 0.6) is 0 Å². The summed E-state index contributed by atoms with van der Waals surface area (Å²) < 4.78 is 0. The van der Waals surface area contributed by atoms with Gasteiger partial charge in [-0.15, -0.1) is 0 Å². The third kappa shape index (κ3) is 3.28. The summed E-state index contributed by atoms with van der Waals surface area (Å²) in [6.07, 6.45) is 3.29. The minimum Gasteiger partial charge on any atom is -0.478 e. The lowest BCUT2D eigenvalue weighted by molar-refractivity contribution is 0.0697. The normalized spacial score (nSPS) is 13.9. The largest absolute Gasteiger partial charge is 0.478 e. The van der Waals surface area contributed by atoms with E-state index >= 15 is 0 Å². The molecule has 2 rings (SSSR count). The summed E-state index contributed by atoms with van der Waals surface area (Å²) in [7, 11) is 0. The highest BCUT2D eigenvalue weighted by atomic mass is 32.2. The van der Waals surface area contributed by atoms with E-state index in [2.05, 4.69) is 10.3 Å². The van der Waals surface area contributed by atoms with Crippen molar-refractivity contribution in [1.29, 1.82) is 0 Å². The Morgan fingerprint density at radius 3 is 2.76 bits per heavy atom. The number of hydrogen-bond donors (Lipinski definition) is 3. The number of carboxylic acids is 1. The quantitative estimate of drug-likeness (QED) is 0.760. The zero-order valence-electron chi connectivity index (χ0n) is 11.9. The van der Waals surface area contributed by atoms with Gasteiger partial charge in [0.15, 0.2) is 0 Å². The maximum atomic E-state index is 11.4. The Kier molecular flexibility index (Phi) is 5.03. The first-order chi connectivity index (χ1) is 10.1. The molecule has 1 aromatic heterocycles. The number of nitrogens with one attached hydrogen (secondary N) is 1. The summed E-state index contributed by atoms with van der Waals surface area (Å²) in [5.74, 6) is -1.02. The van der Waals surface area contributed by atoms with E-state index in [0.717, 1.165) is 10.9 Å². The van der Waals surface area contributed by atoms with Gasteiger partial charge in [0.05, 0.1) is 17.8 Å². The number of carbonyl (C=O) groups is 1. The van der Waals surface area contributed by atoms with Gasteiger partial charge >= 0.3 is 5.97 Å². The highest BCUT2D eigenvalue weighted by molar-refractivity contribution is 7.99. The van der Waals surface area contributed by atoms with Crippen molar-refractivity contribution < 1.29 is 15.0 Å². The van der Waals surface area contributed by atoms with Gasteiger partial charge in [-0.25, -0.2) is 4.79 Å². The molecule has 6 heteroatoms. The van der Waals surface area contributed by atoms with Crippen molar-refractivity contribution in [2.45, 2.75) is 18.2 Å². The van der Waals surface area contributed by atoms with Crippen LogP contribution in [0, 0.1) is 0 Å². The van der Waals surface area contributed by atoms with Crippen molar-refractivity contribution in [2.75, 3.05) is 18.2 Å². The molecule has 5 nitrogen and oxygen atoms in total. The number of rotatable bonds is 6. The molecule has 0 spiro atoms. The average molecular weight is 306 g/mol. The van der Waals surface area contributed by atoms with Crippen LogP contribution in [0.1, 0.15) is 17.3 Å². The molecule has 0 aliphatic rings. The zero-order valence-corrected chi connectivity index (χ0v) is 12.7. The summed E-state index contributed by atoms with van der Waals surface area (Å²) in [4.78, 5) is 15.6. The monoisotopic (exact) mass is 306 g/mol. The van der Waals surface area contributed by atoms with E-state index in [1.54, 1.807) is 11.8 Å². The summed E-state index contributed by atoms with van der Waals surface area (Å²) in [5, 5.41) is 22.7. The molecule has 2 atom stereocenters. The molecule has 0 fully saturated rings. The van der Waals surface area contributed by atoms with Crippen LogP contribution in [-0.4, -0.2) is 45.3 Å². The molecule has 0 saturated heterocycles. The standard InChI is InChI=1S/C15H18N2O3S/c1-9(13(8-18)21-2)17-14-10-5-3-4-6-12(10)16-7-11(14)15(19)20/h3-7,9,13,18H,8H2,1-2H3,(H,16,17)(H,19,20). The third-order valence-electron chi connectivity index (χ3n) is 3.42. The molecule has 2 aromatic rings. The fraction of sp³-hybridized carbons (Fsp3) is 0.333. The minimum absolute atomic E-state index is 0.0152. The number of aliphatic hydroxyl groups is 1. The molecule has 0 saturated carbocycles. The molecular formula is C15H18N2O3S. The van der Waals surface area contributed by atoms with E-state index in [-0.39, 0.29) is 23.5 Å². The fourth-order valence-corrected chi connectivity index (χ4v) is 2.84. The van der Waals surface area contributed by atoms with Gasteiger partial charge in [-0.05, 0) is 19.2 Å². The number of aliphatic hydroxyl groups excluding tert-OH is 1. The van der Waals surface area contributed by atoms with Crippen molar-refractivity contribution in [2.24, 2.45) is 0 Å². The predicted octanol–water partition coefficient (Wildman–Crippen LogP) is 2.46. The number of carboxylic acid groups (broad SMARTS) is 1. The fourth-order valence-electron chi connectivity index (χ4n) is 2.22. The van der Waals surface area contributed by atoms with Crippen LogP contribution in [0.25, 0.3) is 10.9 Å². The molecule has 21 heavy (non-hydrogen) atoms. The molecule has 0 aliphatic carbocycles. The van der Waals surface area contributed by atoms with Gasteiger partial charge in [0.2, 0.25) is 0 Å². The van der Waals surface area contributed by atoms with Gasteiger partial charge in [-0.3, -0.25) is 4.98 Å². The van der Waals surface area contributed by atoms with Crippen molar-refractivity contribution in [1.82, 2.24) is 4.98 Å². The van der Waals surface area contributed by atoms with Crippen LogP contribution in [0.3, 0.4) is 0 Å². The highest BCUT2D eigenvalue weighted by Crippen LogP contribution is 2.28. The number of fused-ring (bicyclic) bond motifs is 1. The van der Waals surface area contributed by atoms with Gasteiger partial charge in [0.25, 0.3) is 0 Å². The van der Waals surface area contributed by atoms with Gasteiger partial charge in [-0.1, -0.05) is 18.2 Å². The number of thioether (sulfide) groups is 1. The topological polar surface area (TPSA) is 82.5 Å². The van der Waals surface area contributed by atoms with Gasteiger partial charge in [0.1, 0.15) is 5.56 Å². The second-order valence-electron chi connectivity index (χ2n) is 4.76. The smallest absolute Gasteiger partial charge is 0.339 e. The summed E-state index contributed by atoms with van der Waals surface area (Å²) in [6.45, 7) is 1.96. The maximum absolute atomic E-state index is 11.4. The number of nitrogens with zero attached hydrogens (tertiary/aromatic N) is 1. The van der Waals surface area contributed by atoms with Gasteiger partial charge in [0, 0.05) is 22.9 Å². The number of aromatic carboxylic acids is 1. The molecule has 0 radical (unpaired) electrons. The second kappa shape index (κ2) is 6.78. The van der Waals surface area contributed by atoms with E-state index in [1.165, 1.54) is 6.20 Å². The number of hydrogen-bond acceptors (Lipinski definition) is 5. The molecule has 0 aliphatic heterocycles. The Morgan fingerprint density at radius 1 is 1.43 bits per heavy atom. The van der Waals surface area contributed by atoms with E-state index in [9.17, 15) is 15.0 Å². The van der Waals surface area contributed by atoms with Crippen molar-refractivity contribution in [3.05, 3.63) is 36.0 Å². The number of para-hydroxylation sites is 1. The average Bonchev–Trinajstić information content (AvgIpc) is 2.48. The SMILES string of the molecule is CSC(CO)C(C)Nc1c(C(=O)O)cnc2ccccc12. The van der Waals surface area contributed by atoms with Crippen LogP contribution in [-0.2, 0) is 0 Å². The summed E-state index contributed by atoms with van der Waals surface area (Å²) in [6, 6.07) is 7.32. The zero-order chi connectivity index (χ0) is 15.4. The van der Waals surface area contributed by atoms with Crippen molar-refractivity contribution in [3.8, 4) is 0 Å². The van der Waals surface area contributed by atoms with Gasteiger partial charge in [-0.2, -0.15) is 11.8 Å². The third-order valence-corrected chi connectivity index (χ3v) is 4.58. The molecule has 1 aromatic carbocycles. The Bertz CT molecular complexity index is 644. The molecule has 1 heterocycles. The van der Waals surface area contributed by atoms with Crippen LogP contribution >= 0.6 is 11.8 Å². The maximum Gasteiger partial charge on any atom is 0.339 e. The van der Waals surface area contributed by atoms with E-state index in [1.807, 2.05) is 37.4 Å². The van der Waals surface area contributed by atoms with Gasteiger partial charge < -0.3 is 15.5 Å². The van der Waals surface area contributed by atoms with E-state index in [4.69, 9.17) is 0 Å². The van der Waals surface area contributed by atoms with Crippen molar-refractivity contribution in [3.63, 3.8) is 0 Å². The first kappa shape index (κ1) is 15.6. The number of anilines is 1. The Morgan fingerprint density at radius 2 is 2.14 bits per heavy atom. The Labute approximate surface area is 127 Å². The summed E-state index contributed by atoms with van der Waals surface area (Å²) >= 11 is 1.54. The first-order valence-corrected chi connectivity index (χ1v) is 7.88. The highest BCUT2D eigenvalue weighted by Gasteiger charge is 2.20. The first-order valence-electron chi connectivity index (χ1n) is 6.59. The lowest BCUT2D eigenvalue weighted by Crippen LogP contribution is -2.31. The molecule has 0 bridgehead atoms. The molecule has 3 N–H and O–H groups in total. The van der Waals surface area contributed by atoms with Crippen LogP contribution in [0.2, 0.25) is 0 Å². The summed E-state index contributed by atoms with van der Waals surface area (Å²) in [5.41, 5.74) is 1.42.